The van der Waals surface area contributed by atoms with E-state index in [1.54, 1.807) is 0 Å². The molecule has 3 nitrogen and oxygen atoms in total. The zero-order valence-electron chi connectivity index (χ0n) is 20.9. The number of ether oxygens (including phenoxy) is 1. The fourth-order valence-electron chi connectivity index (χ4n) is 4.41. The minimum absolute atomic E-state index is 0.0101. The molecule has 0 saturated carbocycles. The van der Waals surface area contributed by atoms with Crippen molar-refractivity contribution in [2.75, 3.05) is 0 Å². The summed E-state index contributed by atoms with van der Waals surface area (Å²) in [6.07, 6.45) is -0.0583. The number of aryl methyl sites for hydroxylation is 4. The van der Waals surface area contributed by atoms with Crippen molar-refractivity contribution < 1.29 is 14.3 Å². The predicted octanol–water partition coefficient (Wildman–Crippen LogP) is 7.02. The maximum atomic E-state index is 13.8. The van der Waals surface area contributed by atoms with E-state index >= 15 is 0 Å². The molecule has 0 aromatic heterocycles. The molecular formula is C28H38O3. The van der Waals surface area contributed by atoms with Gasteiger partial charge in [0, 0.05) is 11.5 Å². The average molecular weight is 423 g/mol. The molecule has 0 heterocycles. The van der Waals surface area contributed by atoms with Crippen LogP contribution in [0.1, 0.15) is 88.2 Å². The van der Waals surface area contributed by atoms with Crippen molar-refractivity contribution in [2.45, 2.75) is 81.8 Å². The second-order valence-corrected chi connectivity index (χ2v) is 10.3. The molecule has 0 bridgehead atoms. The van der Waals surface area contributed by atoms with E-state index in [1.807, 2.05) is 72.7 Å². The van der Waals surface area contributed by atoms with Gasteiger partial charge in [-0.3, -0.25) is 4.79 Å². The molecule has 2 unspecified atom stereocenters. The maximum Gasteiger partial charge on any atom is 0.339 e. The molecule has 0 amide bonds. The lowest BCUT2D eigenvalue weighted by Gasteiger charge is -2.30. The first-order valence-corrected chi connectivity index (χ1v) is 11.1. The number of benzene rings is 2. The molecule has 168 valence electrons. The van der Waals surface area contributed by atoms with Gasteiger partial charge < -0.3 is 4.74 Å². The molecule has 0 aliphatic carbocycles. The highest BCUT2D eigenvalue weighted by molar-refractivity contribution is 6.04. The Morgan fingerprint density at radius 1 is 0.774 bits per heavy atom. The first-order chi connectivity index (χ1) is 14.2. The van der Waals surface area contributed by atoms with Gasteiger partial charge in [0.1, 0.15) is 0 Å². The summed E-state index contributed by atoms with van der Waals surface area (Å²) in [5.41, 5.74) is 7.00. The second kappa shape index (κ2) is 9.38. The third-order valence-electron chi connectivity index (χ3n) is 6.28. The Bertz CT molecular complexity index is 992. The van der Waals surface area contributed by atoms with E-state index in [-0.39, 0.29) is 17.1 Å². The van der Waals surface area contributed by atoms with Gasteiger partial charge in [0.15, 0.2) is 6.10 Å². The van der Waals surface area contributed by atoms with Crippen molar-refractivity contribution in [3.63, 3.8) is 0 Å². The summed E-state index contributed by atoms with van der Waals surface area (Å²) < 4.78 is 6.04. The number of ketones is 1. The highest BCUT2D eigenvalue weighted by Crippen LogP contribution is 2.31. The average Bonchev–Trinajstić information content (AvgIpc) is 2.64. The number of hydrogen-bond acceptors (Lipinski definition) is 3. The van der Waals surface area contributed by atoms with Gasteiger partial charge in [0.25, 0.3) is 0 Å². The summed E-state index contributed by atoms with van der Waals surface area (Å²) in [6.45, 7) is 20.2. The molecule has 2 rings (SSSR count). The highest BCUT2D eigenvalue weighted by Gasteiger charge is 2.35. The quantitative estimate of drug-likeness (QED) is 0.371. The lowest BCUT2D eigenvalue weighted by atomic mass is 9.80. The topological polar surface area (TPSA) is 43.4 Å². The van der Waals surface area contributed by atoms with E-state index in [4.69, 9.17) is 4.74 Å². The van der Waals surface area contributed by atoms with Crippen molar-refractivity contribution in [2.24, 2.45) is 11.3 Å². The molecule has 0 aliphatic rings. The molecule has 2 aromatic rings. The number of Topliss-reactive ketones (excluding diaryl/α,β-unsaturated/α-hetero) is 1. The number of carbonyl (C=O) groups excluding carboxylic acids is 2. The Balaban J connectivity index is 2.52. The van der Waals surface area contributed by atoms with Crippen LogP contribution >= 0.6 is 0 Å². The maximum absolute atomic E-state index is 13.8. The van der Waals surface area contributed by atoms with Gasteiger partial charge >= 0.3 is 5.97 Å². The molecule has 2 aromatic carbocycles. The van der Waals surface area contributed by atoms with Crippen molar-refractivity contribution in [1.29, 1.82) is 0 Å². The highest BCUT2D eigenvalue weighted by atomic mass is 16.5. The van der Waals surface area contributed by atoms with Gasteiger partial charge in [-0.05, 0) is 86.8 Å². The summed E-state index contributed by atoms with van der Waals surface area (Å²) in [5.74, 6) is -0.631. The molecular weight excluding hydrogens is 384 g/mol. The normalized spacial score (nSPS) is 13.6. The molecule has 0 aliphatic heterocycles. The van der Waals surface area contributed by atoms with Crippen LogP contribution in [0.3, 0.4) is 0 Å². The Morgan fingerprint density at radius 2 is 1.19 bits per heavy atom. The Hall–Kier alpha value is -2.42. The van der Waals surface area contributed by atoms with Crippen molar-refractivity contribution in [3.8, 4) is 0 Å². The minimum Gasteiger partial charge on any atom is -0.450 e. The summed E-state index contributed by atoms with van der Waals surface area (Å²) in [7, 11) is 0. The first kappa shape index (κ1) is 24.8. The standard InChI is InChI=1S/C28H38O3/c1-16-11-13-18(3)23(21(16)6)25(29)26(20(5)15-28(8,9)10)31-27(30)24-19(4)14-12-17(2)22(24)7/h11-14,20,26H,15H2,1-10H3. The SMILES string of the molecule is Cc1ccc(C)c(C(=O)OC(C(=O)c2c(C)ccc(C)c2C)C(C)CC(C)(C)C)c1C. The van der Waals surface area contributed by atoms with Gasteiger partial charge in [0.05, 0.1) is 5.56 Å². The molecule has 31 heavy (non-hydrogen) atoms. The molecule has 3 heteroatoms. The largest absolute Gasteiger partial charge is 0.450 e. The van der Waals surface area contributed by atoms with Crippen LogP contribution in [0.4, 0.5) is 0 Å². The monoisotopic (exact) mass is 422 g/mol. The lowest BCUT2D eigenvalue weighted by Crippen LogP contribution is -2.36. The summed E-state index contributed by atoms with van der Waals surface area (Å²) in [4.78, 5) is 27.1. The van der Waals surface area contributed by atoms with Crippen molar-refractivity contribution >= 4 is 11.8 Å². The Morgan fingerprint density at radius 3 is 1.68 bits per heavy atom. The van der Waals surface area contributed by atoms with Gasteiger partial charge in [-0.15, -0.1) is 0 Å². The first-order valence-electron chi connectivity index (χ1n) is 11.1. The van der Waals surface area contributed by atoms with E-state index in [2.05, 4.69) is 20.8 Å². The van der Waals surface area contributed by atoms with Crippen LogP contribution in [0.5, 0.6) is 0 Å². The lowest BCUT2D eigenvalue weighted by molar-refractivity contribution is 0.0121. The van der Waals surface area contributed by atoms with Gasteiger partial charge in [-0.1, -0.05) is 52.0 Å². The van der Waals surface area contributed by atoms with Crippen LogP contribution in [0.2, 0.25) is 0 Å². The van der Waals surface area contributed by atoms with Gasteiger partial charge in [-0.2, -0.15) is 0 Å². The van der Waals surface area contributed by atoms with Crippen molar-refractivity contribution in [1.82, 2.24) is 0 Å². The van der Waals surface area contributed by atoms with E-state index in [9.17, 15) is 9.59 Å². The molecule has 2 atom stereocenters. The zero-order chi connectivity index (χ0) is 23.7. The summed E-state index contributed by atoms with van der Waals surface area (Å²) in [6, 6.07) is 7.94. The summed E-state index contributed by atoms with van der Waals surface area (Å²) >= 11 is 0. The van der Waals surface area contributed by atoms with E-state index < -0.39 is 12.1 Å². The number of hydrogen-bond donors (Lipinski definition) is 0. The Labute approximate surface area is 188 Å². The molecule has 0 spiro atoms. The molecule has 0 fully saturated rings. The minimum atomic E-state index is -0.828. The van der Waals surface area contributed by atoms with Crippen LogP contribution in [0, 0.1) is 52.9 Å². The van der Waals surface area contributed by atoms with Gasteiger partial charge in [0.2, 0.25) is 5.78 Å². The smallest absolute Gasteiger partial charge is 0.339 e. The number of rotatable bonds is 6. The van der Waals surface area contributed by atoms with E-state index in [1.165, 1.54) is 0 Å². The van der Waals surface area contributed by atoms with Crippen LogP contribution in [-0.2, 0) is 4.74 Å². The van der Waals surface area contributed by atoms with Crippen LogP contribution in [0.15, 0.2) is 24.3 Å². The van der Waals surface area contributed by atoms with E-state index in [0.29, 0.717) is 11.1 Å². The van der Waals surface area contributed by atoms with Crippen LogP contribution < -0.4 is 0 Å². The van der Waals surface area contributed by atoms with Crippen molar-refractivity contribution in [3.05, 3.63) is 68.8 Å². The fourth-order valence-corrected chi connectivity index (χ4v) is 4.41. The number of carbonyl (C=O) groups is 2. The van der Waals surface area contributed by atoms with Crippen LogP contribution in [0.25, 0.3) is 0 Å². The predicted molar refractivity (Wildman–Crippen MR) is 128 cm³/mol. The zero-order valence-corrected chi connectivity index (χ0v) is 20.9. The third-order valence-corrected chi connectivity index (χ3v) is 6.28. The number of esters is 1. The molecule has 0 saturated heterocycles. The van der Waals surface area contributed by atoms with Crippen LogP contribution in [-0.4, -0.2) is 17.9 Å². The van der Waals surface area contributed by atoms with Gasteiger partial charge in [-0.25, -0.2) is 4.79 Å². The second-order valence-electron chi connectivity index (χ2n) is 10.3. The molecule has 0 radical (unpaired) electrons. The Kier molecular flexibility index (Phi) is 7.52. The summed E-state index contributed by atoms with van der Waals surface area (Å²) in [5, 5.41) is 0. The molecule has 0 N–H and O–H groups in total. The third kappa shape index (κ3) is 5.64. The van der Waals surface area contributed by atoms with E-state index in [0.717, 1.165) is 39.8 Å². The fraction of sp³-hybridized carbons (Fsp3) is 0.500.